The fourth-order valence-corrected chi connectivity index (χ4v) is 5.47. The number of hydrogen-bond acceptors (Lipinski definition) is 2. The molecule has 2 amide bonds. The van der Waals surface area contributed by atoms with Crippen molar-refractivity contribution < 1.29 is 9.59 Å². The van der Waals surface area contributed by atoms with E-state index >= 15 is 0 Å². The molecule has 0 aromatic heterocycles. The van der Waals surface area contributed by atoms with Gasteiger partial charge in [-0.25, -0.2) is 0 Å². The first kappa shape index (κ1) is 21.4. The maximum atomic E-state index is 13.8. The smallest absolute Gasteiger partial charge is 0.234 e. The van der Waals surface area contributed by atoms with Crippen molar-refractivity contribution in [2.24, 2.45) is 0 Å². The average molecular weight is 439 g/mol. The average Bonchev–Trinajstić information content (AvgIpc) is 3.14. The van der Waals surface area contributed by atoms with E-state index in [9.17, 15) is 9.59 Å². The third kappa shape index (κ3) is 4.56. The Morgan fingerprint density at radius 3 is 1.73 bits per heavy atom. The van der Waals surface area contributed by atoms with Crippen molar-refractivity contribution in [3.8, 4) is 0 Å². The fraction of sp³-hybridized carbons (Fsp3) is 0.310. The lowest BCUT2D eigenvalue weighted by Crippen LogP contribution is -2.57. The molecule has 2 fully saturated rings. The minimum atomic E-state index is -0.313. The Bertz CT molecular complexity index is 1030. The van der Waals surface area contributed by atoms with Crippen LogP contribution in [0.4, 0.5) is 0 Å². The number of carbonyl (C=O) groups is 2. The van der Waals surface area contributed by atoms with Gasteiger partial charge in [-0.15, -0.1) is 0 Å². The van der Waals surface area contributed by atoms with Crippen LogP contribution in [0.2, 0.25) is 0 Å². The molecule has 4 nitrogen and oxygen atoms in total. The molecule has 0 saturated carbocycles. The molecule has 0 radical (unpaired) electrons. The first-order valence-electron chi connectivity index (χ1n) is 11.9. The molecule has 2 bridgehead atoms. The van der Waals surface area contributed by atoms with Gasteiger partial charge in [0, 0.05) is 31.6 Å². The van der Waals surface area contributed by atoms with Crippen molar-refractivity contribution in [3.05, 3.63) is 108 Å². The van der Waals surface area contributed by atoms with E-state index in [1.54, 1.807) is 0 Å². The second kappa shape index (κ2) is 9.62. The van der Waals surface area contributed by atoms with Gasteiger partial charge in [-0.05, 0) is 36.0 Å². The number of amides is 2. The topological polar surface area (TPSA) is 40.6 Å². The molecule has 33 heavy (non-hydrogen) atoms. The minimum absolute atomic E-state index is 0.128. The van der Waals surface area contributed by atoms with Crippen molar-refractivity contribution in [3.63, 3.8) is 0 Å². The molecule has 0 N–H and O–H groups in total. The number of aryl methyl sites for hydroxylation is 1. The van der Waals surface area contributed by atoms with E-state index in [1.807, 2.05) is 83.8 Å². The molecule has 2 aliphatic heterocycles. The summed E-state index contributed by atoms with van der Waals surface area (Å²) >= 11 is 0. The predicted octanol–water partition coefficient (Wildman–Crippen LogP) is 4.65. The highest BCUT2D eigenvalue weighted by Crippen LogP contribution is 2.34. The summed E-state index contributed by atoms with van der Waals surface area (Å²) in [7, 11) is 0. The maximum Gasteiger partial charge on any atom is 0.234 e. The van der Waals surface area contributed by atoms with Gasteiger partial charge in [-0.3, -0.25) is 9.59 Å². The van der Waals surface area contributed by atoms with Crippen LogP contribution in [0.3, 0.4) is 0 Å². The lowest BCUT2D eigenvalue weighted by Gasteiger charge is -2.42. The van der Waals surface area contributed by atoms with Crippen LogP contribution in [0.5, 0.6) is 0 Å². The van der Waals surface area contributed by atoms with E-state index in [2.05, 4.69) is 17.0 Å². The monoisotopic (exact) mass is 438 g/mol. The Morgan fingerprint density at radius 1 is 0.727 bits per heavy atom. The number of piperazine rings is 1. The molecule has 168 valence electrons. The fourth-order valence-electron chi connectivity index (χ4n) is 5.47. The van der Waals surface area contributed by atoms with Crippen LogP contribution in [0.25, 0.3) is 0 Å². The number of hydrogen-bond donors (Lipinski definition) is 0. The van der Waals surface area contributed by atoms with Gasteiger partial charge in [-0.1, -0.05) is 91.0 Å². The Labute approximate surface area is 195 Å². The van der Waals surface area contributed by atoms with E-state index in [0.29, 0.717) is 19.5 Å². The summed E-state index contributed by atoms with van der Waals surface area (Å²) < 4.78 is 0. The lowest BCUT2D eigenvalue weighted by molar-refractivity contribution is -0.144. The second-order valence-corrected chi connectivity index (χ2v) is 9.17. The largest absolute Gasteiger partial charge is 0.338 e. The summed E-state index contributed by atoms with van der Waals surface area (Å²) in [6, 6.07) is 30.5. The van der Waals surface area contributed by atoms with E-state index in [4.69, 9.17) is 0 Å². The van der Waals surface area contributed by atoms with E-state index in [1.165, 1.54) is 5.56 Å². The van der Waals surface area contributed by atoms with Crippen molar-refractivity contribution in [2.45, 2.75) is 43.7 Å². The Kier molecular flexibility index (Phi) is 6.25. The van der Waals surface area contributed by atoms with Gasteiger partial charge in [0.1, 0.15) is 0 Å². The van der Waals surface area contributed by atoms with Crippen LogP contribution in [0.1, 0.15) is 41.9 Å². The molecule has 0 unspecified atom stereocenters. The number of rotatable bonds is 6. The first-order valence-corrected chi connectivity index (χ1v) is 11.9. The van der Waals surface area contributed by atoms with Gasteiger partial charge in [-0.2, -0.15) is 0 Å². The van der Waals surface area contributed by atoms with Gasteiger partial charge in [0.05, 0.1) is 5.92 Å². The Balaban J connectivity index is 1.30. The van der Waals surface area contributed by atoms with Crippen molar-refractivity contribution >= 4 is 11.8 Å². The number of benzene rings is 3. The third-order valence-electron chi connectivity index (χ3n) is 7.06. The Hall–Kier alpha value is -3.40. The standard InChI is InChI=1S/C29H30N2O2/c32-27(19-16-22-10-4-1-5-11-22)31-25-17-18-26(31)21-30(20-25)29(33)28(23-12-6-2-7-13-23)24-14-8-3-9-15-24/h1-15,25-26,28H,16-21H2/t25-,26+. The van der Waals surface area contributed by atoms with Gasteiger partial charge in [0.2, 0.25) is 11.8 Å². The Morgan fingerprint density at radius 2 is 1.21 bits per heavy atom. The molecule has 2 heterocycles. The van der Waals surface area contributed by atoms with E-state index in [0.717, 1.165) is 30.4 Å². The zero-order valence-corrected chi connectivity index (χ0v) is 18.8. The molecule has 0 spiro atoms. The van der Waals surface area contributed by atoms with Crippen LogP contribution < -0.4 is 0 Å². The lowest BCUT2D eigenvalue weighted by atomic mass is 9.89. The van der Waals surface area contributed by atoms with Crippen LogP contribution in [0, 0.1) is 0 Å². The zero-order chi connectivity index (χ0) is 22.6. The molecular formula is C29H30N2O2. The van der Waals surface area contributed by atoms with Crippen LogP contribution >= 0.6 is 0 Å². The number of nitrogens with zero attached hydrogens (tertiary/aromatic N) is 2. The third-order valence-corrected chi connectivity index (χ3v) is 7.06. The summed E-state index contributed by atoms with van der Waals surface area (Å²) in [5.41, 5.74) is 3.23. The minimum Gasteiger partial charge on any atom is -0.338 e. The van der Waals surface area contributed by atoms with Crippen LogP contribution in [0.15, 0.2) is 91.0 Å². The van der Waals surface area contributed by atoms with Crippen molar-refractivity contribution in [1.82, 2.24) is 9.80 Å². The first-order chi connectivity index (χ1) is 16.2. The second-order valence-electron chi connectivity index (χ2n) is 9.17. The molecule has 4 heteroatoms. The highest BCUT2D eigenvalue weighted by molar-refractivity contribution is 5.88. The normalized spacial score (nSPS) is 19.7. The molecule has 5 rings (SSSR count). The SMILES string of the molecule is O=C(C(c1ccccc1)c1ccccc1)N1C[C@H]2CC[C@@H](C1)N2C(=O)CCc1ccccc1. The quantitative estimate of drug-likeness (QED) is 0.562. The van der Waals surface area contributed by atoms with E-state index in [-0.39, 0.29) is 29.8 Å². The zero-order valence-electron chi connectivity index (χ0n) is 18.8. The molecule has 2 atom stereocenters. The number of fused-ring (bicyclic) bond motifs is 2. The molecule has 3 aromatic rings. The molecular weight excluding hydrogens is 408 g/mol. The van der Waals surface area contributed by atoms with Gasteiger partial charge in [0.15, 0.2) is 0 Å². The summed E-state index contributed by atoms with van der Waals surface area (Å²) in [6.07, 6.45) is 3.25. The summed E-state index contributed by atoms with van der Waals surface area (Å²) in [4.78, 5) is 31.0. The summed E-state index contributed by atoms with van der Waals surface area (Å²) in [5, 5.41) is 0. The van der Waals surface area contributed by atoms with Crippen molar-refractivity contribution in [1.29, 1.82) is 0 Å². The summed E-state index contributed by atoms with van der Waals surface area (Å²) in [5.74, 6) is 0.0499. The highest BCUT2D eigenvalue weighted by atomic mass is 16.2. The van der Waals surface area contributed by atoms with Gasteiger partial charge >= 0.3 is 0 Å². The highest BCUT2D eigenvalue weighted by Gasteiger charge is 2.44. The van der Waals surface area contributed by atoms with Crippen LogP contribution in [-0.4, -0.2) is 46.8 Å². The summed E-state index contributed by atoms with van der Waals surface area (Å²) in [6.45, 7) is 1.26. The molecule has 3 aromatic carbocycles. The van der Waals surface area contributed by atoms with Crippen molar-refractivity contribution in [2.75, 3.05) is 13.1 Å². The molecule has 2 saturated heterocycles. The number of carbonyl (C=O) groups excluding carboxylic acids is 2. The van der Waals surface area contributed by atoms with Gasteiger partial charge < -0.3 is 9.80 Å². The van der Waals surface area contributed by atoms with E-state index < -0.39 is 0 Å². The predicted molar refractivity (Wildman–Crippen MR) is 130 cm³/mol. The molecule has 2 aliphatic rings. The molecule has 0 aliphatic carbocycles. The maximum absolute atomic E-state index is 13.8. The number of likely N-dealkylation sites (tertiary alicyclic amines) is 1. The van der Waals surface area contributed by atoms with Crippen LogP contribution in [-0.2, 0) is 16.0 Å². The van der Waals surface area contributed by atoms with Gasteiger partial charge in [0.25, 0.3) is 0 Å².